The average Bonchev–Trinajstić information content (AvgIpc) is 3.31. The van der Waals surface area contributed by atoms with Gasteiger partial charge in [0, 0.05) is 11.3 Å². The summed E-state index contributed by atoms with van der Waals surface area (Å²) >= 11 is 0. The predicted octanol–water partition coefficient (Wildman–Crippen LogP) is 5.21. The normalized spacial score (nSPS) is 10.6. The zero-order valence-electron chi connectivity index (χ0n) is 19.9. The average molecular weight is 470 g/mol. The molecule has 0 radical (unpaired) electrons. The molecule has 0 saturated carbocycles. The van der Waals surface area contributed by atoms with Gasteiger partial charge in [0.2, 0.25) is 5.91 Å². The molecule has 7 nitrogen and oxygen atoms in total. The summed E-state index contributed by atoms with van der Waals surface area (Å²) in [6.45, 7) is 4.02. The van der Waals surface area contributed by atoms with Crippen LogP contribution in [0.5, 0.6) is 5.75 Å². The first-order chi connectivity index (χ1) is 17.0. The summed E-state index contributed by atoms with van der Waals surface area (Å²) in [5.41, 5.74) is 5.16. The maximum atomic E-state index is 12.7. The number of anilines is 1. The summed E-state index contributed by atoms with van der Waals surface area (Å²) in [7, 11) is 1.61. The first kappa shape index (κ1) is 23.8. The molecule has 3 aromatic carbocycles. The number of ether oxygens (including phenoxy) is 2. The van der Waals surface area contributed by atoms with Crippen molar-refractivity contribution in [2.24, 2.45) is 0 Å². The molecule has 0 aliphatic carbocycles. The highest BCUT2D eigenvalue weighted by molar-refractivity contribution is 5.93. The predicted molar refractivity (Wildman–Crippen MR) is 135 cm³/mol. The molecule has 0 spiro atoms. The van der Waals surface area contributed by atoms with Crippen molar-refractivity contribution in [3.8, 4) is 22.7 Å². The summed E-state index contributed by atoms with van der Waals surface area (Å²) < 4.78 is 12.0. The van der Waals surface area contributed by atoms with Gasteiger partial charge in [-0.3, -0.25) is 4.79 Å². The number of esters is 1. The molecule has 0 unspecified atom stereocenters. The molecule has 0 fully saturated rings. The molecule has 178 valence electrons. The summed E-state index contributed by atoms with van der Waals surface area (Å²) in [5.74, 6) is 0.130. The Morgan fingerprint density at radius 1 is 0.971 bits per heavy atom. The fraction of sp³-hybridized carbons (Fsp3) is 0.179. The van der Waals surface area contributed by atoms with Crippen molar-refractivity contribution in [3.05, 3.63) is 95.7 Å². The number of nitrogens with zero attached hydrogens (tertiary/aromatic N) is 2. The molecule has 0 bridgehead atoms. The van der Waals surface area contributed by atoms with Gasteiger partial charge in [-0.25, -0.2) is 9.48 Å². The number of carbonyl (C=O) groups is 2. The van der Waals surface area contributed by atoms with E-state index < -0.39 is 5.97 Å². The third-order valence-electron chi connectivity index (χ3n) is 5.41. The van der Waals surface area contributed by atoms with Crippen molar-refractivity contribution >= 4 is 17.6 Å². The van der Waals surface area contributed by atoms with Gasteiger partial charge in [0.05, 0.1) is 31.5 Å². The molecule has 4 aromatic rings. The Kier molecular flexibility index (Phi) is 7.26. The van der Waals surface area contributed by atoms with E-state index in [0.717, 1.165) is 28.1 Å². The number of aromatic nitrogens is 2. The van der Waals surface area contributed by atoms with E-state index in [1.165, 1.54) is 0 Å². The number of benzene rings is 3. The standard InChI is InChI=1S/C28H27N3O4/c1-4-35-28(33)25-18-26(31(30-25)23-10-5-7-19(2)15-23)21-8-6-9-22(17-21)29-27(32)16-20-11-13-24(34-3)14-12-20/h5-15,17-18H,4,16H2,1-3H3,(H,29,32). The monoisotopic (exact) mass is 469 g/mol. The van der Waals surface area contributed by atoms with Gasteiger partial charge in [-0.15, -0.1) is 0 Å². The van der Waals surface area contributed by atoms with Gasteiger partial charge < -0.3 is 14.8 Å². The molecule has 1 amide bonds. The first-order valence-corrected chi connectivity index (χ1v) is 11.3. The Labute approximate surface area is 204 Å². The SMILES string of the molecule is CCOC(=O)c1cc(-c2cccc(NC(=O)Cc3ccc(OC)cc3)c2)n(-c2cccc(C)c2)n1. The van der Waals surface area contributed by atoms with E-state index in [1.54, 1.807) is 24.8 Å². The minimum atomic E-state index is -0.482. The van der Waals surface area contributed by atoms with Crippen LogP contribution in [0.4, 0.5) is 5.69 Å². The van der Waals surface area contributed by atoms with Crippen LogP contribution < -0.4 is 10.1 Å². The molecule has 0 saturated heterocycles. The Balaban J connectivity index is 1.62. The minimum absolute atomic E-state index is 0.133. The molecule has 0 atom stereocenters. The minimum Gasteiger partial charge on any atom is -0.497 e. The number of rotatable bonds is 8. The molecule has 4 rings (SSSR count). The fourth-order valence-electron chi connectivity index (χ4n) is 3.74. The summed E-state index contributed by atoms with van der Waals surface area (Å²) in [6, 6.07) is 24.4. The van der Waals surface area contributed by atoms with E-state index in [1.807, 2.05) is 79.7 Å². The third-order valence-corrected chi connectivity index (χ3v) is 5.41. The number of carbonyl (C=O) groups excluding carboxylic acids is 2. The summed E-state index contributed by atoms with van der Waals surface area (Å²) in [5, 5.41) is 7.48. The second kappa shape index (κ2) is 10.7. The van der Waals surface area contributed by atoms with Crippen molar-refractivity contribution < 1.29 is 19.1 Å². The summed E-state index contributed by atoms with van der Waals surface area (Å²) in [4.78, 5) is 25.1. The molecule has 0 aliphatic heterocycles. The van der Waals surface area contributed by atoms with Crippen LogP contribution >= 0.6 is 0 Å². The largest absolute Gasteiger partial charge is 0.497 e. The van der Waals surface area contributed by atoms with Crippen LogP contribution in [0.2, 0.25) is 0 Å². The molecule has 1 N–H and O–H groups in total. The van der Waals surface area contributed by atoms with Gasteiger partial charge in [0.15, 0.2) is 5.69 Å². The highest BCUT2D eigenvalue weighted by atomic mass is 16.5. The van der Waals surface area contributed by atoms with Gasteiger partial charge >= 0.3 is 5.97 Å². The number of hydrogen-bond donors (Lipinski definition) is 1. The highest BCUT2D eigenvalue weighted by Gasteiger charge is 2.18. The zero-order valence-corrected chi connectivity index (χ0v) is 19.9. The van der Waals surface area contributed by atoms with Crippen LogP contribution in [-0.2, 0) is 16.0 Å². The molecule has 35 heavy (non-hydrogen) atoms. The maximum Gasteiger partial charge on any atom is 0.358 e. The Hall–Kier alpha value is -4.39. The van der Waals surface area contributed by atoms with E-state index >= 15 is 0 Å². The lowest BCUT2D eigenvalue weighted by Crippen LogP contribution is -2.14. The van der Waals surface area contributed by atoms with Gasteiger partial charge in [0.25, 0.3) is 0 Å². The maximum absolute atomic E-state index is 12.7. The van der Waals surface area contributed by atoms with Crippen LogP contribution in [0.3, 0.4) is 0 Å². The van der Waals surface area contributed by atoms with Crippen LogP contribution in [0, 0.1) is 6.92 Å². The van der Waals surface area contributed by atoms with E-state index in [4.69, 9.17) is 9.47 Å². The van der Waals surface area contributed by atoms with Gasteiger partial charge in [-0.1, -0.05) is 36.4 Å². The quantitative estimate of drug-likeness (QED) is 0.358. The van der Waals surface area contributed by atoms with E-state index in [2.05, 4.69) is 10.4 Å². The Bertz CT molecular complexity index is 1340. The third kappa shape index (κ3) is 5.76. The lowest BCUT2D eigenvalue weighted by Gasteiger charge is -2.11. The Morgan fingerprint density at radius 3 is 2.46 bits per heavy atom. The second-order valence-electron chi connectivity index (χ2n) is 8.04. The van der Waals surface area contributed by atoms with Crippen LogP contribution in [0.15, 0.2) is 78.9 Å². The van der Waals surface area contributed by atoms with E-state index in [0.29, 0.717) is 11.4 Å². The lowest BCUT2D eigenvalue weighted by atomic mass is 10.1. The molecule has 7 heteroatoms. The van der Waals surface area contributed by atoms with E-state index in [-0.39, 0.29) is 24.6 Å². The smallest absolute Gasteiger partial charge is 0.358 e. The molecule has 0 aliphatic rings. The molecular formula is C28H27N3O4. The number of aryl methyl sites for hydroxylation is 1. The fourth-order valence-corrected chi connectivity index (χ4v) is 3.74. The van der Waals surface area contributed by atoms with Crippen LogP contribution in [0.1, 0.15) is 28.5 Å². The van der Waals surface area contributed by atoms with Crippen molar-refractivity contribution in [2.75, 3.05) is 19.0 Å². The van der Waals surface area contributed by atoms with Crippen molar-refractivity contribution in [1.29, 1.82) is 0 Å². The molecule has 1 aromatic heterocycles. The highest BCUT2D eigenvalue weighted by Crippen LogP contribution is 2.27. The van der Waals surface area contributed by atoms with Crippen molar-refractivity contribution in [1.82, 2.24) is 9.78 Å². The number of amides is 1. The summed E-state index contributed by atoms with van der Waals surface area (Å²) in [6.07, 6.45) is 0.239. The first-order valence-electron chi connectivity index (χ1n) is 11.3. The number of methoxy groups -OCH3 is 1. The van der Waals surface area contributed by atoms with Crippen molar-refractivity contribution in [3.63, 3.8) is 0 Å². The van der Waals surface area contributed by atoms with Gasteiger partial charge in [-0.05, 0) is 67.4 Å². The lowest BCUT2D eigenvalue weighted by molar-refractivity contribution is -0.115. The van der Waals surface area contributed by atoms with Crippen LogP contribution in [-0.4, -0.2) is 35.4 Å². The molecule has 1 heterocycles. The van der Waals surface area contributed by atoms with Gasteiger partial charge in [-0.2, -0.15) is 5.10 Å². The van der Waals surface area contributed by atoms with Crippen LogP contribution in [0.25, 0.3) is 16.9 Å². The number of hydrogen-bond acceptors (Lipinski definition) is 5. The van der Waals surface area contributed by atoms with E-state index in [9.17, 15) is 9.59 Å². The second-order valence-corrected chi connectivity index (χ2v) is 8.04. The van der Waals surface area contributed by atoms with Gasteiger partial charge in [0.1, 0.15) is 5.75 Å². The Morgan fingerprint density at radius 2 is 1.74 bits per heavy atom. The molecular weight excluding hydrogens is 442 g/mol. The number of nitrogens with one attached hydrogen (secondary N) is 1. The zero-order chi connectivity index (χ0) is 24.8. The topological polar surface area (TPSA) is 82.5 Å². The van der Waals surface area contributed by atoms with Crippen molar-refractivity contribution in [2.45, 2.75) is 20.3 Å².